The molecule has 0 radical (unpaired) electrons. The van der Waals surface area contributed by atoms with E-state index in [1.165, 1.54) is 36.8 Å². The molecule has 110 valence electrons. The lowest BCUT2D eigenvalue weighted by Crippen LogP contribution is -2.38. The molecule has 2 rings (SSSR count). The first kappa shape index (κ1) is 14.9. The first-order valence-electron chi connectivity index (χ1n) is 7.78. The fourth-order valence-electron chi connectivity index (χ4n) is 2.63. The maximum absolute atomic E-state index is 6.14. The van der Waals surface area contributed by atoms with Crippen molar-refractivity contribution in [2.45, 2.75) is 45.4 Å². The van der Waals surface area contributed by atoms with Gasteiger partial charge in [-0.15, -0.1) is 0 Å². The Balaban J connectivity index is 1.91. The summed E-state index contributed by atoms with van der Waals surface area (Å²) >= 11 is 0. The van der Waals surface area contributed by atoms with Crippen LogP contribution in [-0.4, -0.2) is 30.5 Å². The minimum atomic E-state index is 0.418. The predicted molar refractivity (Wildman–Crippen MR) is 86.1 cm³/mol. The topological polar surface area (TPSA) is 41.6 Å². The van der Waals surface area contributed by atoms with Gasteiger partial charge >= 0.3 is 0 Å². The highest BCUT2D eigenvalue weighted by atomic mass is 15.2. The highest BCUT2D eigenvalue weighted by molar-refractivity contribution is 5.78. The van der Waals surface area contributed by atoms with E-state index in [0.29, 0.717) is 5.92 Å². The van der Waals surface area contributed by atoms with Crippen LogP contribution in [0.1, 0.15) is 49.7 Å². The average Bonchev–Trinajstić information content (AvgIpc) is 2.74. The summed E-state index contributed by atoms with van der Waals surface area (Å²) < 4.78 is 0. The van der Waals surface area contributed by atoms with Crippen molar-refractivity contribution < 1.29 is 0 Å². The van der Waals surface area contributed by atoms with E-state index in [4.69, 9.17) is 5.73 Å². The maximum Gasteiger partial charge on any atom is 0.191 e. The third-order valence-electron chi connectivity index (χ3n) is 4.10. The minimum absolute atomic E-state index is 0.418. The lowest BCUT2D eigenvalue weighted by atomic mass is 10.0. The smallest absolute Gasteiger partial charge is 0.191 e. The van der Waals surface area contributed by atoms with Gasteiger partial charge in [0, 0.05) is 25.6 Å². The Morgan fingerprint density at radius 2 is 1.75 bits per heavy atom. The molecule has 1 fully saturated rings. The Morgan fingerprint density at radius 1 is 1.15 bits per heavy atom. The molecule has 20 heavy (non-hydrogen) atoms. The van der Waals surface area contributed by atoms with E-state index < -0.39 is 0 Å². The standard InChI is InChI=1S/C17H27N3/c1-14-7-9-16(10-8-14)15(2)13-19-17(18)20-11-5-3-4-6-12-20/h7-10,15H,3-6,11-13H2,1-2H3,(H2,18,19). The third-order valence-corrected chi connectivity index (χ3v) is 4.10. The quantitative estimate of drug-likeness (QED) is 0.678. The summed E-state index contributed by atoms with van der Waals surface area (Å²) in [6.07, 6.45) is 5.13. The summed E-state index contributed by atoms with van der Waals surface area (Å²) in [7, 11) is 0. The summed E-state index contributed by atoms with van der Waals surface area (Å²) in [4.78, 5) is 6.85. The third kappa shape index (κ3) is 4.26. The second-order valence-electron chi connectivity index (χ2n) is 5.91. The maximum atomic E-state index is 6.14. The van der Waals surface area contributed by atoms with E-state index >= 15 is 0 Å². The number of guanidine groups is 1. The largest absolute Gasteiger partial charge is 0.370 e. The molecule has 1 aromatic carbocycles. The van der Waals surface area contributed by atoms with E-state index in [2.05, 4.69) is 48.0 Å². The summed E-state index contributed by atoms with van der Waals surface area (Å²) in [6, 6.07) is 8.71. The van der Waals surface area contributed by atoms with Crippen LogP contribution in [0, 0.1) is 6.92 Å². The van der Waals surface area contributed by atoms with Gasteiger partial charge in [-0.1, -0.05) is 49.6 Å². The Bertz CT molecular complexity index is 428. The molecule has 1 aliphatic heterocycles. The molecule has 0 amide bonds. The molecule has 0 aromatic heterocycles. The van der Waals surface area contributed by atoms with E-state index in [0.717, 1.165) is 25.6 Å². The Kier molecular flexibility index (Phi) is 5.45. The second-order valence-corrected chi connectivity index (χ2v) is 5.91. The van der Waals surface area contributed by atoms with Gasteiger partial charge in [-0.2, -0.15) is 0 Å². The molecule has 1 saturated heterocycles. The van der Waals surface area contributed by atoms with Crippen molar-refractivity contribution in [2.24, 2.45) is 10.7 Å². The molecule has 0 spiro atoms. The van der Waals surface area contributed by atoms with Crippen LogP contribution in [0.15, 0.2) is 29.3 Å². The molecule has 1 aliphatic rings. The van der Waals surface area contributed by atoms with Crippen LogP contribution in [0.3, 0.4) is 0 Å². The average molecular weight is 273 g/mol. The van der Waals surface area contributed by atoms with Gasteiger partial charge < -0.3 is 10.6 Å². The van der Waals surface area contributed by atoms with E-state index in [9.17, 15) is 0 Å². The highest BCUT2D eigenvalue weighted by Gasteiger charge is 2.11. The van der Waals surface area contributed by atoms with Crippen LogP contribution in [0.25, 0.3) is 0 Å². The predicted octanol–water partition coefficient (Wildman–Crippen LogP) is 3.29. The van der Waals surface area contributed by atoms with Crippen molar-refractivity contribution in [1.29, 1.82) is 0 Å². The number of nitrogens with zero attached hydrogens (tertiary/aromatic N) is 2. The summed E-state index contributed by atoms with van der Waals surface area (Å²) in [6.45, 7) is 7.22. The molecule has 3 heteroatoms. The van der Waals surface area contributed by atoms with Crippen molar-refractivity contribution in [3.8, 4) is 0 Å². The minimum Gasteiger partial charge on any atom is -0.370 e. The highest BCUT2D eigenvalue weighted by Crippen LogP contribution is 2.16. The monoisotopic (exact) mass is 273 g/mol. The van der Waals surface area contributed by atoms with Gasteiger partial charge in [-0.3, -0.25) is 4.99 Å². The summed E-state index contributed by atoms with van der Waals surface area (Å²) in [5.74, 6) is 1.15. The van der Waals surface area contributed by atoms with Crippen molar-refractivity contribution in [2.75, 3.05) is 19.6 Å². The van der Waals surface area contributed by atoms with Crippen molar-refractivity contribution in [1.82, 2.24) is 4.90 Å². The molecule has 1 aromatic rings. The van der Waals surface area contributed by atoms with Gasteiger partial charge in [0.1, 0.15) is 0 Å². The number of hydrogen-bond donors (Lipinski definition) is 1. The van der Waals surface area contributed by atoms with Gasteiger partial charge in [0.25, 0.3) is 0 Å². The molecule has 0 bridgehead atoms. The molecule has 3 nitrogen and oxygen atoms in total. The molecule has 2 N–H and O–H groups in total. The number of likely N-dealkylation sites (tertiary alicyclic amines) is 1. The molecule has 1 heterocycles. The fourth-order valence-corrected chi connectivity index (χ4v) is 2.63. The molecule has 0 saturated carbocycles. The van der Waals surface area contributed by atoms with Crippen molar-refractivity contribution in [3.05, 3.63) is 35.4 Å². The SMILES string of the molecule is Cc1ccc(C(C)CN=C(N)N2CCCCCC2)cc1. The van der Waals surface area contributed by atoms with Crippen molar-refractivity contribution in [3.63, 3.8) is 0 Å². The Morgan fingerprint density at radius 3 is 2.35 bits per heavy atom. The Hall–Kier alpha value is -1.51. The van der Waals surface area contributed by atoms with Crippen LogP contribution < -0.4 is 5.73 Å². The van der Waals surface area contributed by atoms with Crippen molar-refractivity contribution >= 4 is 5.96 Å². The molecule has 1 atom stereocenters. The first-order chi connectivity index (χ1) is 9.66. The summed E-state index contributed by atoms with van der Waals surface area (Å²) in [5, 5.41) is 0. The van der Waals surface area contributed by atoms with Gasteiger partial charge in [-0.25, -0.2) is 0 Å². The van der Waals surface area contributed by atoms with Gasteiger partial charge in [-0.05, 0) is 25.3 Å². The number of aliphatic imine (C=N–C) groups is 1. The Labute approximate surface area is 122 Å². The number of rotatable bonds is 3. The lowest BCUT2D eigenvalue weighted by Gasteiger charge is -2.21. The summed E-state index contributed by atoms with van der Waals surface area (Å²) in [5.41, 5.74) is 8.78. The second kappa shape index (κ2) is 7.32. The zero-order valence-corrected chi connectivity index (χ0v) is 12.8. The van der Waals surface area contributed by atoms with Gasteiger partial charge in [0.2, 0.25) is 0 Å². The molecule has 1 unspecified atom stereocenters. The number of nitrogens with two attached hydrogens (primary N) is 1. The fraction of sp³-hybridized carbons (Fsp3) is 0.588. The molecular formula is C17H27N3. The molecular weight excluding hydrogens is 246 g/mol. The molecule has 0 aliphatic carbocycles. The number of hydrogen-bond acceptors (Lipinski definition) is 1. The zero-order valence-electron chi connectivity index (χ0n) is 12.8. The van der Waals surface area contributed by atoms with Crippen LogP contribution in [0.4, 0.5) is 0 Å². The van der Waals surface area contributed by atoms with E-state index in [1.807, 2.05) is 0 Å². The van der Waals surface area contributed by atoms with Gasteiger partial charge in [0.05, 0.1) is 0 Å². The van der Waals surface area contributed by atoms with E-state index in [1.54, 1.807) is 0 Å². The van der Waals surface area contributed by atoms with Crippen LogP contribution in [0.2, 0.25) is 0 Å². The number of aryl methyl sites for hydroxylation is 1. The van der Waals surface area contributed by atoms with Gasteiger partial charge in [0.15, 0.2) is 5.96 Å². The first-order valence-corrected chi connectivity index (χ1v) is 7.78. The van der Waals surface area contributed by atoms with Crippen LogP contribution in [0.5, 0.6) is 0 Å². The lowest BCUT2D eigenvalue weighted by molar-refractivity contribution is 0.428. The number of benzene rings is 1. The van der Waals surface area contributed by atoms with E-state index in [-0.39, 0.29) is 0 Å². The zero-order chi connectivity index (χ0) is 14.4. The normalized spacial score (nSPS) is 18.7. The van der Waals surface area contributed by atoms with Crippen LogP contribution >= 0.6 is 0 Å². The van der Waals surface area contributed by atoms with Crippen LogP contribution in [-0.2, 0) is 0 Å².